The van der Waals surface area contributed by atoms with Crippen molar-refractivity contribution in [3.63, 3.8) is 0 Å². The smallest absolute Gasteiger partial charge is 0.181 e. The van der Waals surface area contributed by atoms with Gasteiger partial charge < -0.3 is 14.8 Å². The lowest BCUT2D eigenvalue weighted by atomic mass is 10.1. The number of hydrogen-bond donors (Lipinski definition) is 1. The van der Waals surface area contributed by atoms with E-state index in [1.54, 1.807) is 19.2 Å². The third kappa shape index (κ3) is 3.11. The number of ketones is 1. The van der Waals surface area contributed by atoms with Crippen molar-refractivity contribution in [1.82, 2.24) is 5.32 Å². The van der Waals surface area contributed by atoms with Gasteiger partial charge in [0.2, 0.25) is 0 Å². The molecule has 0 fully saturated rings. The van der Waals surface area contributed by atoms with Crippen LogP contribution in [-0.4, -0.2) is 33.1 Å². The Balaban J connectivity index is 3.27. The minimum atomic E-state index is -0.125. The van der Waals surface area contributed by atoms with Crippen molar-refractivity contribution >= 4 is 17.4 Å². The van der Waals surface area contributed by atoms with Crippen LogP contribution in [0.15, 0.2) is 12.1 Å². The van der Waals surface area contributed by atoms with E-state index in [9.17, 15) is 4.79 Å². The van der Waals surface area contributed by atoms with Crippen molar-refractivity contribution in [2.75, 3.05) is 27.3 Å². The molecule has 0 radical (unpaired) electrons. The first-order chi connectivity index (χ1) is 8.15. The number of likely N-dealkylation sites (N-methyl/N-ethyl adjacent to an activating group) is 1. The first-order valence-electron chi connectivity index (χ1n) is 5.32. The summed E-state index contributed by atoms with van der Waals surface area (Å²) in [6, 6.07) is 3.31. The molecule has 94 valence electrons. The maximum absolute atomic E-state index is 11.9. The van der Waals surface area contributed by atoms with Crippen LogP contribution in [-0.2, 0) is 0 Å². The topological polar surface area (TPSA) is 47.6 Å². The zero-order valence-corrected chi connectivity index (χ0v) is 10.9. The summed E-state index contributed by atoms with van der Waals surface area (Å²) in [6.07, 6.45) is 0. The number of rotatable bonds is 6. The van der Waals surface area contributed by atoms with Gasteiger partial charge in [-0.3, -0.25) is 4.79 Å². The Morgan fingerprint density at radius 2 is 2.18 bits per heavy atom. The molecule has 17 heavy (non-hydrogen) atoms. The molecule has 1 aromatic carbocycles. The number of carbonyl (C=O) groups excluding carboxylic acids is 1. The summed E-state index contributed by atoms with van der Waals surface area (Å²) in [5.41, 5.74) is 0.363. The Bertz CT molecular complexity index is 407. The van der Waals surface area contributed by atoms with Gasteiger partial charge in [0.25, 0.3) is 0 Å². The summed E-state index contributed by atoms with van der Waals surface area (Å²) in [7, 11) is 3.23. The first kappa shape index (κ1) is 13.8. The predicted octanol–water partition coefficient (Wildman–Crippen LogP) is 2.15. The maximum Gasteiger partial charge on any atom is 0.181 e. The van der Waals surface area contributed by atoms with Gasteiger partial charge in [-0.25, -0.2) is 0 Å². The number of halogens is 1. The molecule has 0 heterocycles. The van der Waals surface area contributed by atoms with Gasteiger partial charge in [0.15, 0.2) is 17.3 Å². The number of nitrogens with one attached hydrogen (secondary N) is 1. The van der Waals surface area contributed by atoms with E-state index in [4.69, 9.17) is 21.1 Å². The van der Waals surface area contributed by atoms with Gasteiger partial charge in [0, 0.05) is 0 Å². The van der Waals surface area contributed by atoms with Crippen LogP contribution in [0, 0.1) is 0 Å². The molecule has 0 spiro atoms. The second-order valence-corrected chi connectivity index (χ2v) is 3.75. The minimum absolute atomic E-state index is 0.125. The molecule has 0 atom stereocenters. The average Bonchev–Trinajstić information content (AvgIpc) is 2.30. The summed E-state index contributed by atoms with van der Waals surface area (Å²) >= 11 is 6.04. The molecule has 0 bridgehead atoms. The number of methoxy groups -OCH3 is 1. The van der Waals surface area contributed by atoms with Gasteiger partial charge in [-0.05, 0) is 26.1 Å². The predicted molar refractivity (Wildman–Crippen MR) is 67.4 cm³/mol. The summed E-state index contributed by atoms with van der Waals surface area (Å²) in [5.74, 6) is 0.790. The van der Waals surface area contributed by atoms with Crippen molar-refractivity contribution in [1.29, 1.82) is 0 Å². The Morgan fingerprint density at radius 1 is 1.47 bits per heavy atom. The molecule has 0 aliphatic carbocycles. The van der Waals surface area contributed by atoms with E-state index in [0.717, 1.165) is 0 Å². The van der Waals surface area contributed by atoms with Crippen molar-refractivity contribution in [2.24, 2.45) is 0 Å². The van der Waals surface area contributed by atoms with Crippen LogP contribution in [0.4, 0.5) is 0 Å². The Labute approximate surface area is 106 Å². The summed E-state index contributed by atoms with van der Waals surface area (Å²) in [6.45, 7) is 2.48. The number of hydrogen-bond acceptors (Lipinski definition) is 4. The Kier molecular flexibility index (Phi) is 5.25. The van der Waals surface area contributed by atoms with Gasteiger partial charge in [-0.1, -0.05) is 11.6 Å². The average molecular weight is 258 g/mol. The molecular weight excluding hydrogens is 242 g/mol. The van der Waals surface area contributed by atoms with E-state index in [1.807, 2.05) is 6.92 Å². The van der Waals surface area contributed by atoms with Gasteiger partial charge >= 0.3 is 0 Å². The van der Waals surface area contributed by atoms with Gasteiger partial charge in [-0.2, -0.15) is 0 Å². The van der Waals surface area contributed by atoms with E-state index in [2.05, 4.69) is 5.32 Å². The fourth-order valence-electron chi connectivity index (χ4n) is 1.50. The number of benzene rings is 1. The zero-order valence-electron chi connectivity index (χ0n) is 10.2. The largest absolute Gasteiger partial charge is 0.493 e. The van der Waals surface area contributed by atoms with E-state index < -0.39 is 0 Å². The van der Waals surface area contributed by atoms with Crippen LogP contribution in [0.3, 0.4) is 0 Å². The summed E-state index contributed by atoms with van der Waals surface area (Å²) in [5, 5.41) is 3.17. The van der Waals surface area contributed by atoms with Crippen molar-refractivity contribution in [3.05, 3.63) is 22.7 Å². The fraction of sp³-hybridized carbons (Fsp3) is 0.417. The normalized spacial score (nSPS) is 10.1. The van der Waals surface area contributed by atoms with Crippen LogP contribution in [0.1, 0.15) is 17.3 Å². The quantitative estimate of drug-likeness (QED) is 0.794. The van der Waals surface area contributed by atoms with Crippen LogP contribution in [0.2, 0.25) is 5.02 Å². The standard InChI is InChI=1S/C12H16ClNO3/c1-4-17-12-10(16-3)6-5-8(13)11(12)9(15)7-14-2/h5-6,14H,4,7H2,1-3H3. The molecule has 0 unspecified atom stereocenters. The highest BCUT2D eigenvalue weighted by Crippen LogP contribution is 2.36. The van der Waals surface area contributed by atoms with E-state index >= 15 is 0 Å². The molecule has 1 rings (SSSR count). The van der Waals surface area contributed by atoms with Gasteiger partial charge in [-0.15, -0.1) is 0 Å². The van der Waals surface area contributed by atoms with Crippen LogP contribution in [0.25, 0.3) is 0 Å². The molecule has 1 aromatic rings. The van der Waals surface area contributed by atoms with Crippen LogP contribution in [0.5, 0.6) is 11.5 Å². The second kappa shape index (κ2) is 6.47. The molecule has 0 aromatic heterocycles. The number of carbonyl (C=O) groups is 1. The SMILES string of the molecule is CCOc1c(OC)ccc(Cl)c1C(=O)CNC. The van der Waals surface area contributed by atoms with Crippen LogP contribution >= 0.6 is 11.6 Å². The molecule has 0 aliphatic heterocycles. The van der Waals surface area contributed by atoms with Crippen LogP contribution < -0.4 is 14.8 Å². The minimum Gasteiger partial charge on any atom is -0.493 e. The lowest BCUT2D eigenvalue weighted by Crippen LogP contribution is -2.20. The highest BCUT2D eigenvalue weighted by Gasteiger charge is 2.20. The van der Waals surface area contributed by atoms with E-state index in [0.29, 0.717) is 28.7 Å². The number of ether oxygens (including phenoxy) is 2. The molecule has 0 aliphatic rings. The monoisotopic (exact) mass is 257 g/mol. The van der Waals surface area contributed by atoms with Crippen molar-refractivity contribution in [3.8, 4) is 11.5 Å². The number of Topliss-reactive ketones (excluding diaryl/α,β-unsaturated/α-hetero) is 1. The lowest BCUT2D eigenvalue weighted by molar-refractivity contribution is 0.0989. The first-order valence-corrected chi connectivity index (χ1v) is 5.70. The van der Waals surface area contributed by atoms with Crippen molar-refractivity contribution in [2.45, 2.75) is 6.92 Å². The lowest BCUT2D eigenvalue weighted by Gasteiger charge is -2.14. The zero-order chi connectivity index (χ0) is 12.8. The Morgan fingerprint density at radius 3 is 2.71 bits per heavy atom. The van der Waals surface area contributed by atoms with Gasteiger partial charge in [0.05, 0.1) is 30.8 Å². The Hall–Kier alpha value is -1.26. The summed E-state index contributed by atoms with van der Waals surface area (Å²) in [4.78, 5) is 11.9. The fourth-order valence-corrected chi connectivity index (χ4v) is 1.75. The highest BCUT2D eigenvalue weighted by atomic mass is 35.5. The molecule has 0 saturated carbocycles. The van der Waals surface area contributed by atoms with Gasteiger partial charge in [0.1, 0.15) is 0 Å². The molecule has 1 N–H and O–H groups in total. The second-order valence-electron chi connectivity index (χ2n) is 3.34. The molecule has 0 saturated heterocycles. The van der Waals surface area contributed by atoms with Crippen molar-refractivity contribution < 1.29 is 14.3 Å². The highest BCUT2D eigenvalue weighted by molar-refractivity contribution is 6.34. The van der Waals surface area contributed by atoms with E-state index in [1.165, 1.54) is 7.11 Å². The molecule has 5 heteroatoms. The third-order valence-electron chi connectivity index (χ3n) is 2.20. The maximum atomic E-state index is 11.9. The molecule has 0 amide bonds. The third-order valence-corrected chi connectivity index (χ3v) is 2.51. The molecular formula is C12H16ClNO3. The summed E-state index contributed by atoms with van der Waals surface area (Å²) < 4.78 is 10.6. The van der Waals surface area contributed by atoms with E-state index in [-0.39, 0.29) is 12.3 Å². The molecule has 4 nitrogen and oxygen atoms in total.